The first kappa shape index (κ1) is 40.1. The third-order valence-electron chi connectivity index (χ3n) is 14.0. The smallest absolute Gasteiger partial charge is 0.238 e. The number of nitrogens with zero attached hydrogens (tertiary/aromatic N) is 4. The molecular weight excluding hydrogens is 873 g/mol. The summed E-state index contributed by atoms with van der Waals surface area (Å²) in [5.41, 5.74) is 14.3. The number of fused-ring (bicyclic) bond motifs is 9. The molecule has 6 heteroatoms. The zero-order valence-electron chi connectivity index (χ0n) is 37.7. The van der Waals surface area contributed by atoms with Gasteiger partial charge in [0.25, 0.3) is 0 Å². The molecule has 0 atom stereocenters. The van der Waals surface area contributed by atoms with Gasteiger partial charge in [0.2, 0.25) is 5.95 Å². The van der Waals surface area contributed by atoms with Crippen molar-refractivity contribution in [1.82, 2.24) is 15.0 Å². The van der Waals surface area contributed by atoms with Gasteiger partial charge in [-0.15, -0.1) is 11.3 Å². The van der Waals surface area contributed by atoms with Crippen LogP contribution in [0.2, 0.25) is 0 Å². The molecule has 0 spiro atoms. The highest BCUT2D eigenvalue weighted by Crippen LogP contribution is 2.59. The van der Waals surface area contributed by atoms with Crippen LogP contribution in [0.15, 0.2) is 247 Å². The number of furan rings is 1. The Balaban J connectivity index is 1.04. The standard InChI is InChI=1S/C64H40N4OS/c1-4-19-41(20-5-1)61-65-62(42-21-6-2-7-22-42)67-63(66-61)68(56-33-16-15-32-55(56)64(44-23-8-3-9-24-44)53-30-13-10-25-47(53)48-26-11-14-31-54(48)64)45-36-38-59-52(40-45)50-29-18-28-46(60(50)70-59)43-35-37-58-51(39-43)49-27-12-17-34-57(49)69-58/h1-40H. The SMILES string of the molecule is c1ccc(-c2nc(-c3ccccc3)nc(N(c3ccc4sc5c(-c6ccc7oc8ccccc8c7c6)cccc5c4c3)c3ccccc3C3(c4ccccc4)c4ccccc4-c4ccccc43)n2)cc1. The Morgan fingerprint density at radius 1 is 0.386 bits per heavy atom. The lowest BCUT2D eigenvalue weighted by Crippen LogP contribution is -2.31. The largest absolute Gasteiger partial charge is 0.456 e. The summed E-state index contributed by atoms with van der Waals surface area (Å²) in [4.78, 5) is 18.4. The van der Waals surface area contributed by atoms with Crippen LogP contribution >= 0.6 is 11.3 Å². The second-order valence-corrected chi connectivity index (χ2v) is 18.9. The second-order valence-electron chi connectivity index (χ2n) is 17.8. The van der Waals surface area contributed by atoms with E-state index in [9.17, 15) is 0 Å². The van der Waals surface area contributed by atoms with Gasteiger partial charge < -0.3 is 4.42 Å². The summed E-state index contributed by atoms with van der Waals surface area (Å²) in [6, 6.07) is 86.4. The number of rotatable bonds is 8. The molecule has 0 radical (unpaired) electrons. The predicted octanol–water partition coefficient (Wildman–Crippen LogP) is 17.0. The van der Waals surface area contributed by atoms with Gasteiger partial charge in [0.1, 0.15) is 11.2 Å². The molecule has 0 amide bonds. The monoisotopic (exact) mass is 912 g/mol. The van der Waals surface area contributed by atoms with Crippen molar-refractivity contribution >= 4 is 70.8 Å². The molecule has 10 aromatic carbocycles. The van der Waals surface area contributed by atoms with E-state index in [1.165, 1.54) is 48.2 Å². The molecule has 13 aromatic rings. The van der Waals surface area contributed by atoms with Crippen molar-refractivity contribution in [3.63, 3.8) is 0 Å². The van der Waals surface area contributed by atoms with Crippen LogP contribution in [-0.4, -0.2) is 15.0 Å². The average Bonchev–Trinajstić information content (AvgIpc) is 4.10. The molecule has 1 aliphatic rings. The first-order chi connectivity index (χ1) is 34.7. The molecule has 0 N–H and O–H groups in total. The molecular formula is C64H40N4OS. The minimum atomic E-state index is -0.698. The lowest BCUT2D eigenvalue weighted by Gasteiger charge is -2.37. The molecule has 14 rings (SSSR count). The Hall–Kier alpha value is -8.97. The molecule has 328 valence electrons. The summed E-state index contributed by atoms with van der Waals surface area (Å²) in [6.45, 7) is 0. The van der Waals surface area contributed by atoms with Crippen molar-refractivity contribution < 1.29 is 4.42 Å². The van der Waals surface area contributed by atoms with Gasteiger partial charge in [-0.1, -0.05) is 200 Å². The summed E-state index contributed by atoms with van der Waals surface area (Å²) < 4.78 is 8.67. The molecule has 0 fully saturated rings. The van der Waals surface area contributed by atoms with Crippen LogP contribution in [0.3, 0.4) is 0 Å². The van der Waals surface area contributed by atoms with E-state index in [1.54, 1.807) is 0 Å². The van der Waals surface area contributed by atoms with Crippen molar-refractivity contribution in [2.75, 3.05) is 4.90 Å². The minimum Gasteiger partial charge on any atom is -0.456 e. The van der Waals surface area contributed by atoms with Gasteiger partial charge in [-0.25, -0.2) is 4.98 Å². The highest BCUT2D eigenvalue weighted by atomic mass is 32.1. The molecule has 3 heterocycles. The lowest BCUT2D eigenvalue weighted by molar-refractivity contribution is 0.669. The van der Waals surface area contributed by atoms with E-state index >= 15 is 0 Å². The van der Waals surface area contributed by atoms with Gasteiger partial charge in [0.15, 0.2) is 11.6 Å². The van der Waals surface area contributed by atoms with Crippen LogP contribution in [0.4, 0.5) is 17.3 Å². The third kappa shape index (κ3) is 6.20. The Bertz CT molecular complexity index is 4040. The first-order valence-corrected chi connectivity index (χ1v) is 24.4. The highest BCUT2D eigenvalue weighted by molar-refractivity contribution is 7.26. The van der Waals surface area contributed by atoms with E-state index in [0.717, 1.165) is 61.0 Å². The van der Waals surface area contributed by atoms with Crippen LogP contribution in [0.25, 0.3) is 87.1 Å². The number of anilines is 3. The summed E-state index contributed by atoms with van der Waals surface area (Å²) in [6.07, 6.45) is 0. The maximum Gasteiger partial charge on any atom is 0.238 e. The van der Waals surface area contributed by atoms with E-state index in [0.29, 0.717) is 17.6 Å². The number of aromatic nitrogens is 3. The number of benzene rings is 10. The Morgan fingerprint density at radius 2 is 0.957 bits per heavy atom. The molecule has 0 saturated carbocycles. The van der Waals surface area contributed by atoms with Crippen molar-refractivity contribution in [3.8, 4) is 45.0 Å². The molecule has 70 heavy (non-hydrogen) atoms. The van der Waals surface area contributed by atoms with E-state index in [2.05, 4.69) is 199 Å². The topological polar surface area (TPSA) is 55.1 Å². The van der Waals surface area contributed by atoms with Gasteiger partial charge >= 0.3 is 0 Å². The number of hydrogen-bond donors (Lipinski definition) is 0. The molecule has 3 aromatic heterocycles. The zero-order chi connectivity index (χ0) is 46.2. The average molecular weight is 913 g/mol. The zero-order valence-corrected chi connectivity index (χ0v) is 38.5. The fourth-order valence-corrected chi connectivity index (χ4v) is 12.2. The van der Waals surface area contributed by atoms with Crippen molar-refractivity contribution in [1.29, 1.82) is 0 Å². The fourth-order valence-electron chi connectivity index (χ4n) is 11.0. The molecule has 0 aliphatic heterocycles. The molecule has 1 aliphatic carbocycles. The lowest BCUT2D eigenvalue weighted by atomic mass is 9.67. The van der Waals surface area contributed by atoms with Crippen LogP contribution in [0, 0.1) is 0 Å². The molecule has 0 unspecified atom stereocenters. The van der Waals surface area contributed by atoms with Crippen LogP contribution in [0.1, 0.15) is 22.3 Å². The summed E-state index contributed by atoms with van der Waals surface area (Å²) in [7, 11) is 0. The van der Waals surface area contributed by atoms with Crippen LogP contribution in [0.5, 0.6) is 0 Å². The number of thiophene rings is 1. The van der Waals surface area contributed by atoms with Crippen LogP contribution < -0.4 is 4.90 Å². The maximum atomic E-state index is 6.24. The predicted molar refractivity (Wildman–Crippen MR) is 288 cm³/mol. The van der Waals surface area contributed by atoms with Gasteiger partial charge in [-0.05, 0) is 87.0 Å². The minimum absolute atomic E-state index is 0.517. The van der Waals surface area contributed by atoms with Gasteiger partial charge in [0, 0.05) is 47.8 Å². The van der Waals surface area contributed by atoms with Crippen molar-refractivity contribution in [2.45, 2.75) is 5.41 Å². The Labute approximate surface area is 408 Å². The van der Waals surface area contributed by atoms with E-state index < -0.39 is 5.41 Å². The fraction of sp³-hybridized carbons (Fsp3) is 0.0156. The van der Waals surface area contributed by atoms with Gasteiger partial charge in [-0.3, -0.25) is 4.90 Å². The maximum absolute atomic E-state index is 6.24. The summed E-state index contributed by atoms with van der Waals surface area (Å²) in [5, 5.41) is 4.59. The van der Waals surface area contributed by atoms with Gasteiger partial charge in [0.05, 0.1) is 11.1 Å². The van der Waals surface area contributed by atoms with Gasteiger partial charge in [-0.2, -0.15) is 9.97 Å². The number of hydrogen-bond acceptors (Lipinski definition) is 6. The Kier molecular flexibility index (Phi) is 9.22. The molecule has 5 nitrogen and oxygen atoms in total. The summed E-state index contributed by atoms with van der Waals surface area (Å²) in [5.74, 6) is 1.70. The van der Waals surface area contributed by atoms with E-state index in [1.807, 2.05) is 59.9 Å². The van der Waals surface area contributed by atoms with E-state index in [-0.39, 0.29) is 0 Å². The quantitative estimate of drug-likeness (QED) is 0.152. The molecule has 0 saturated heterocycles. The summed E-state index contributed by atoms with van der Waals surface area (Å²) >= 11 is 1.83. The highest BCUT2D eigenvalue weighted by Gasteiger charge is 2.48. The number of para-hydroxylation sites is 2. The van der Waals surface area contributed by atoms with Crippen molar-refractivity contribution in [2.24, 2.45) is 0 Å². The van der Waals surface area contributed by atoms with E-state index in [4.69, 9.17) is 19.4 Å². The van der Waals surface area contributed by atoms with Crippen LogP contribution in [-0.2, 0) is 5.41 Å². The molecule has 0 bridgehead atoms. The third-order valence-corrected chi connectivity index (χ3v) is 15.2. The normalized spacial score (nSPS) is 12.7. The first-order valence-electron chi connectivity index (χ1n) is 23.6. The second kappa shape index (κ2) is 16.1. The Morgan fingerprint density at radius 3 is 1.67 bits per heavy atom. The van der Waals surface area contributed by atoms with Crippen molar-refractivity contribution in [3.05, 3.63) is 265 Å².